The first-order chi connectivity index (χ1) is 7.59. The van der Waals surface area contributed by atoms with Crippen LogP contribution >= 0.6 is 0 Å². The van der Waals surface area contributed by atoms with Crippen LogP contribution in [0.5, 0.6) is 0 Å². The number of likely N-dealkylation sites (tertiary alicyclic amines) is 1. The zero-order valence-corrected chi connectivity index (χ0v) is 10.2. The summed E-state index contributed by atoms with van der Waals surface area (Å²) in [5.74, 6) is 0. The predicted molar refractivity (Wildman–Crippen MR) is 66.4 cm³/mol. The number of hydrogen-bond donors (Lipinski definition) is 1. The molecule has 2 atom stereocenters. The molecule has 1 aromatic carbocycles. The molecular weight excluding hydrogens is 198 g/mol. The molecule has 16 heavy (non-hydrogen) atoms. The summed E-state index contributed by atoms with van der Waals surface area (Å²) >= 11 is 0. The molecular formula is C14H21NO. The van der Waals surface area contributed by atoms with Gasteiger partial charge in [0.1, 0.15) is 0 Å². The SMILES string of the molecule is CN1CCC[C@H]1C(C)(O)Cc1ccccc1. The van der Waals surface area contributed by atoms with Crippen molar-refractivity contribution in [3.05, 3.63) is 35.9 Å². The zero-order valence-electron chi connectivity index (χ0n) is 10.2. The summed E-state index contributed by atoms with van der Waals surface area (Å²) in [6, 6.07) is 10.5. The van der Waals surface area contributed by atoms with E-state index in [4.69, 9.17) is 0 Å². The lowest BCUT2D eigenvalue weighted by Crippen LogP contribution is -2.47. The van der Waals surface area contributed by atoms with E-state index in [2.05, 4.69) is 24.1 Å². The fraction of sp³-hybridized carbons (Fsp3) is 0.571. The summed E-state index contributed by atoms with van der Waals surface area (Å²) in [4.78, 5) is 2.28. The van der Waals surface area contributed by atoms with E-state index in [1.54, 1.807) is 0 Å². The summed E-state index contributed by atoms with van der Waals surface area (Å²) in [5.41, 5.74) is 0.597. The first kappa shape index (κ1) is 11.6. The Balaban J connectivity index is 2.07. The topological polar surface area (TPSA) is 23.5 Å². The lowest BCUT2D eigenvalue weighted by atomic mass is 9.88. The lowest BCUT2D eigenvalue weighted by molar-refractivity contribution is -0.0101. The van der Waals surface area contributed by atoms with Gasteiger partial charge >= 0.3 is 0 Å². The molecule has 1 aliphatic heterocycles. The average Bonchev–Trinajstić information content (AvgIpc) is 2.66. The van der Waals surface area contributed by atoms with Crippen LogP contribution in [0.3, 0.4) is 0 Å². The number of nitrogens with zero attached hydrogens (tertiary/aromatic N) is 1. The van der Waals surface area contributed by atoms with Gasteiger partial charge in [-0.25, -0.2) is 0 Å². The first-order valence-electron chi connectivity index (χ1n) is 6.06. The summed E-state index contributed by atoms with van der Waals surface area (Å²) in [6.45, 7) is 3.07. The van der Waals surface area contributed by atoms with Crippen molar-refractivity contribution in [2.24, 2.45) is 0 Å². The molecule has 2 heteroatoms. The Morgan fingerprint density at radius 3 is 2.62 bits per heavy atom. The second-order valence-corrected chi connectivity index (χ2v) is 5.16. The lowest BCUT2D eigenvalue weighted by Gasteiger charge is -2.34. The molecule has 1 N–H and O–H groups in total. The van der Waals surface area contributed by atoms with Gasteiger partial charge in [-0.2, -0.15) is 0 Å². The Bertz CT molecular complexity index is 334. The van der Waals surface area contributed by atoms with Crippen LogP contribution in [0.4, 0.5) is 0 Å². The van der Waals surface area contributed by atoms with Crippen LogP contribution in [0.2, 0.25) is 0 Å². The van der Waals surface area contributed by atoms with E-state index in [0.29, 0.717) is 6.04 Å². The molecule has 1 aromatic rings. The van der Waals surface area contributed by atoms with Gasteiger partial charge in [0.2, 0.25) is 0 Å². The van der Waals surface area contributed by atoms with Crippen molar-refractivity contribution in [2.75, 3.05) is 13.6 Å². The Labute approximate surface area is 97.9 Å². The molecule has 0 bridgehead atoms. The Morgan fingerprint density at radius 2 is 2.06 bits per heavy atom. The molecule has 1 heterocycles. The minimum absolute atomic E-state index is 0.299. The molecule has 2 nitrogen and oxygen atoms in total. The van der Waals surface area contributed by atoms with Crippen molar-refractivity contribution >= 4 is 0 Å². The van der Waals surface area contributed by atoms with Crippen molar-refractivity contribution < 1.29 is 5.11 Å². The standard InChI is InChI=1S/C14H21NO/c1-14(16,13-9-6-10-15(13)2)11-12-7-4-3-5-8-12/h3-5,7-8,13,16H,6,9-11H2,1-2H3/t13-,14?/m0/s1. The highest BCUT2D eigenvalue weighted by atomic mass is 16.3. The molecule has 1 unspecified atom stereocenters. The van der Waals surface area contributed by atoms with E-state index in [0.717, 1.165) is 19.4 Å². The molecule has 1 saturated heterocycles. The third kappa shape index (κ3) is 2.45. The second kappa shape index (κ2) is 4.56. The van der Waals surface area contributed by atoms with Crippen LogP contribution in [0.25, 0.3) is 0 Å². The molecule has 0 saturated carbocycles. The van der Waals surface area contributed by atoms with E-state index < -0.39 is 5.60 Å². The maximum absolute atomic E-state index is 10.6. The van der Waals surface area contributed by atoms with Gasteiger partial charge in [0.25, 0.3) is 0 Å². The summed E-state index contributed by atoms with van der Waals surface area (Å²) in [7, 11) is 2.11. The zero-order chi connectivity index (χ0) is 11.6. The van der Waals surface area contributed by atoms with Crippen LogP contribution in [0.15, 0.2) is 30.3 Å². The largest absolute Gasteiger partial charge is 0.388 e. The van der Waals surface area contributed by atoms with Crippen LogP contribution in [0.1, 0.15) is 25.3 Å². The predicted octanol–water partition coefficient (Wildman–Crippen LogP) is 2.07. The number of likely N-dealkylation sites (N-methyl/N-ethyl adjacent to an activating group) is 1. The molecule has 0 amide bonds. The van der Waals surface area contributed by atoms with Crippen LogP contribution in [-0.4, -0.2) is 35.2 Å². The maximum atomic E-state index is 10.6. The fourth-order valence-corrected chi connectivity index (χ4v) is 2.82. The summed E-state index contributed by atoms with van der Waals surface area (Å²) in [6.07, 6.45) is 3.05. The monoisotopic (exact) mass is 219 g/mol. The van der Waals surface area contributed by atoms with Crippen molar-refractivity contribution in [1.29, 1.82) is 0 Å². The van der Waals surface area contributed by atoms with E-state index >= 15 is 0 Å². The Hall–Kier alpha value is -0.860. The van der Waals surface area contributed by atoms with Gasteiger partial charge in [-0.1, -0.05) is 30.3 Å². The van der Waals surface area contributed by atoms with Crippen LogP contribution < -0.4 is 0 Å². The number of hydrogen-bond acceptors (Lipinski definition) is 2. The fourth-order valence-electron chi connectivity index (χ4n) is 2.82. The van der Waals surface area contributed by atoms with E-state index in [1.165, 1.54) is 12.0 Å². The van der Waals surface area contributed by atoms with Gasteiger partial charge in [-0.3, -0.25) is 0 Å². The van der Waals surface area contributed by atoms with Crippen LogP contribution in [-0.2, 0) is 6.42 Å². The normalized spacial score (nSPS) is 25.6. The van der Waals surface area contributed by atoms with Crippen molar-refractivity contribution in [3.63, 3.8) is 0 Å². The maximum Gasteiger partial charge on any atom is 0.0814 e. The van der Waals surface area contributed by atoms with Gasteiger partial charge < -0.3 is 10.0 Å². The number of benzene rings is 1. The Morgan fingerprint density at radius 1 is 1.38 bits per heavy atom. The van der Waals surface area contributed by atoms with E-state index in [-0.39, 0.29) is 0 Å². The minimum atomic E-state index is -0.618. The average molecular weight is 219 g/mol. The molecule has 1 aliphatic rings. The van der Waals surface area contributed by atoms with Crippen molar-refractivity contribution in [3.8, 4) is 0 Å². The Kier molecular flexibility index (Phi) is 3.31. The molecule has 0 aromatic heterocycles. The number of rotatable bonds is 3. The molecule has 0 aliphatic carbocycles. The van der Waals surface area contributed by atoms with Crippen molar-refractivity contribution in [2.45, 2.75) is 37.8 Å². The smallest absolute Gasteiger partial charge is 0.0814 e. The quantitative estimate of drug-likeness (QED) is 0.841. The minimum Gasteiger partial charge on any atom is -0.388 e. The molecule has 0 radical (unpaired) electrons. The van der Waals surface area contributed by atoms with Gasteiger partial charge in [0.05, 0.1) is 5.60 Å². The van der Waals surface area contributed by atoms with Gasteiger partial charge in [-0.05, 0) is 38.9 Å². The molecule has 1 fully saturated rings. The van der Waals surface area contributed by atoms with Crippen molar-refractivity contribution in [1.82, 2.24) is 4.90 Å². The molecule has 0 spiro atoms. The summed E-state index contributed by atoms with van der Waals surface area (Å²) < 4.78 is 0. The molecule has 2 rings (SSSR count). The third-order valence-corrected chi connectivity index (χ3v) is 3.64. The van der Waals surface area contributed by atoms with Gasteiger partial charge in [-0.15, -0.1) is 0 Å². The summed E-state index contributed by atoms with van der Waals surface area (Å²) in [5, 5.41) is 10.6. The van der Waals surface area contributed by atoms with Crippen LogP contribution in [0, 0.1) is 0 Å². The van der Waals surface area contributed by atoms with Gasteiger partial charge in [0, 0.05) is 12.5 Å². The van der Waals surface area contributed by atoms with Gasteiger partial charge in [0.15, 0.2) is 0 Å². The molecule has 88 valence electrons. The van der Waals surface area contributed by atoms with E-state index in [9.17, 15) is 5.11 Å². The highest BCUT2D eigenvalue weighted by Crippen LogP contribution is 2.28. The number of aliphatic hydroxyl groups is 1. The first-order valence-corrected chi connectivity index (χ1v) is 6.06. The van der Waals surface area contributed by atoms with E-state index in [1.807, 2.05) is 25.1 Å². The highest BCUT2D eigenvalue weighted by Gasteiger charge is 2.37. The second-order valence-electron chi connectivity index (χ2n) is 5.16. The third-order valence-electron chi connectivity index (χ3n) is 3.64. The highest BCUT2D eigenvalue weighted by molar-refractivity contribution is 5.17.